The summed E-state index contributed by atoms with van der Waals surface area (Å²) in [6, 6.07) is 13.3. The molecule has 0 saturated carbocycles. The van der Waals surface area contributed by atoms with Gasteiger partial charge >= 0.3 is 0 Å². The number of carbonyl (C=O) groups is 1. The highest BCUT2D eigenvalue weighted by molar-refractivity contribution is 7.89. The molecule has 9 heteroatoms. The number of para-hydroxylation sites is 1. The minimum Gasteiger partial charge on any atom is -0.395 e. The molecular weight excluding hydrogens is 382 g/mol. The maximum Gasteiger partial charge on any atom is 0.243 e. The number of hydrogen-bond donors (Lipinski definition) is 3. The number of aliphatic hydroxyl groups excluding tert-OH is 2. The minimum absolute atomic E-state index is 0.000300. The molecule has 2 aromatic rings. The molecule has 1 amide bonds. The van der Waals surface area contributed by atoms with Gasteiger partial charge in [0.05, 0.1) is 23.8 Å². The molecule has 148 valence electrons. The predicted octanol–water partition coefficient (Wildman–Crippen LogP) is 1.10. The van der Waals surface area contributed by atoms with E-state index in [0.29, 0.717) is 5.69 Å². The fourth-order valence-corrected chi connectivity index (χ4v) is 4.45. The number of benzene rings is 2. The molecule has 28 heavy (non-hydrogen) atoms. The summed E-state index contributed by atoms with van der Waals surface area (Å²) in [6.07, 6.45) is 1.49. The fraction of sp³-hybridized carbons (Fsp3) is 0.263. The van der Waals surface area contributed by atoms with Crippen molar-refractivity contribution < 1.29 is 23.4 Å². The smallest absolute Gasteiger partial charge is 0.243 e. The van der Waals surface area contributed by atoms with E-state index in [4.69, 9.17) is 10.2 Å². The third-order valence-electron chi connectivity index (χ3n) is 4.36. The monoisotopic (exact) mass is 403 g/mol. The summed E-state index contributed by atoms with van der Waals surface area (Å²) in [6.45, 7) is -0.939. The number of fused-ring (bicyclic) bond motifs is 1. The molecule has 0 aromatic heterocycles. The van der Waals surface area contributed by atoms with Gasteiger partial charge in [0, 0.05) is 25.0 Å². The molecule has 1 unspecified atom stereocenters. The number of amides is 1. The van der Waals surface area contributed by atoms with Crippen molar-refractivity contribution in [1.29, 1.82) is 0 Å². The molecule has 2 aromatic carbocycles. The molecule has 1 aliphatic heterocycles. The third kappa shape index (κ3) is 4.12. The molecule has 0 aliphatic carbocycles. The van der Waals surface area contributed by atoms with Crippen molar-refractivity contribution in [1.82, 2.24) is 4.31 Å². The van der Waals surface area contributed by atoms with Crippen LogP contribution in [0.15, 0.2) is 58.4 Å². The Hall–Kier alpha value is -2.59. The van der Waals surface area contributed by atoms with Crippen molar-refractivity contribution in [3.05, 3.63) is 54.1 Å². The van der Waals surface area contributed by atoms with Gasteiger partial charge in [-0.15, -0.1) is 0 Å². The van der Waals surface area contributed by atoms with Gasteiger partial charge in [0.25, 0.3) is 0 Å². The number of sulfonamides is 1. The van der Waals surface area contributed by atoms with Gasteiger partial charge in [-0.1, -0.05) is 24.3 Å². The first-order valence-electron chi connectivity index (χ1n) is 8.73. The summed E-state index contributed by atoms with van der Waals surface area (Å²) in [5.74, 6) is -0.734. The zero-order valence-electron chi connectivity index (χ0n) is 15.0. The van der Waals surface area contributed by atoms with Crippen molar-refractivity contribution >= 4 is 33.5 Å². The van der Waals surface area contributed by atoms with E-state index in [0.717, 1.165) is 15.6 Å². The van der Waals surface area contributed by atoms with E-state index >= 15 is 0 Å². The van der Waals surface area contributed by atoms with E-state index in [2.05, 4.69) is 10.3 Å². The molecule has 1 aliphatic rings. The number of carbonyl (C=O) groups excluding carboxylic acids is 1. The van der Waals surface area contributed by atoms with Crippen LogP contribution in [0.25, 0.3) is 0 Å². The van der Waals surface area contributed by atoms with Crippen molar-refractivity contribution in [3.8, 4) is 0 Å². The van der Waals surface area contributed by atoms with Crippen LogP contribution < -0.4 is 5.32 Å². The van der Waals surface area contributed by atoms with E-state index in [1.165, 1.54) is 18.3 Å². The Labute approximate surface area is 163 Å². The minimum atomic E-state index is -3.88. The Balaban J connectivity index is 1.86. The van der Waals surface area contributed by atoms with Gasteiger partial charge in [0.2, 0.25) is 15.9 Å². The molecule has 3 rings (SSSR count). The van der Waals surface area contributed by atoms with Gasteiger partial charge in [-0.05, 0) is 29.8 Å². The largest absolute Gasteiger partial charge is 0.395 e. The number of nitrogens with one attached hydrogen (secondary N) is 1. The Morgan fingerprint density at radius 2 is 1.79 bits per heavy atom. The maximum absolute atomic E-state index is 12.7. The molecule has 0 spiro atoms. The van der Waals surface area contributed by atoms with Crippen LogP contribution in [0.1, 0.15) is 11.5 Å². The fourth-order valence-electron chi connectivity index (χ4n) is 2.99. The Morgan fingerprint density at radius 1 is 1.07 bits per heavy atom. The molecular formula is C19H21N3O5S. The van der Waals surface area contributed by atoms with Gasteiger partial charge in [-0.25, -0.2) is 8.42 Å². The van der Waals surface area contributed by atoms with Crippen LogP contribution >= 0.6 is 0 Å². The van der Waals surface area contributed by atoms with Gasteiger partial charge in [0.15, 0.2) is 0 Å². The van der Waals surface area contributed by atoms with Crippen LogP contribution in [0.2, 0.25) is 0 Å². The summed E-state index contributed by atoms with van der Waals surface area (Å²) >= 11 is 0. The summed E-state index contributed by atoms with van der Waals surface area (Å²) in [5.41, 5.74) is 1.94. The average Bonchev–Trinajstić information content (AvgIpc) is 3.01. The molecule has 3 N–H and O–H groups in total. The Morgan fingerprint density at radius 3 is 2.50 bits per heavy atom. The molecule has 0 fully saturated rings. The van der Waals surface area contributed by atoms with Gasteiger partial charge < -0.3 is 15.5 Å². The lowest BCUT2D eigenvalue weighted by Gasteiger charge is -2.20. The standard InChI is InChI=1S/C19H21N3O5S/c23-10-8-22(9-11-24)28(26,27)15-5-3-4-14(12-15)20-13-17-16-6-1-2-7-18(16)21-19(17)25/h1-7,12-13,17,23-24H,8-11H2,(H,21,25). The lowest BCUT2D eigenvalue weighted by molar-refractivity contribution is -0.115. The summed E-state index contributed by atoms with van der Waals surface area (Å²) in [5, 5.41) is 21.0. The van der Waals surface area contributed by atoms with E-state index in [1.54, 1.807) is 12.1 Å². The van der Waals surface area contributed by atoms with Crippen molar-refractivity contribution in [2.45, 2.75) is 10.8 Å². The zero-order valence-corrected chi connectivity index (χ0v) is 15.8. The summed E-state index contributed by atoms with van der Waals surface area (Å²) < 4.78 is 26.5. The van der Waals surface area contributed by atoms with Crippen LogP contribution in [-0.2, 0) is 14.8 Å². The van der Waals surface area contributed by atoms with E-state index in [1.807, 2.05) is 24.3 Å². The first kappa shape index (κ1) is 20.2. The van der Waals surface area contributed by atoms with E-state index < -0.39 is 15.9 Å². The van der Waals surface area contributed by atoms with E-state index in [-0.39, 0.29) is 37.1 Å². The lowest BCUT2D eigenvalue weighted by atomic mass is 10.0. The second-order valence-corrected chi connectivity index (χ2v) is 8.12. The number of aliphatic imine (C=N–C) groups is 1. The first-order chi connectivity index (χ1) is 13.5. The Kier molecular flexibility index (Phi) is 6.20. The van der Waals surface area contributed by atoms with Crippen LogP contribution in [0, 0.1) is 0 Å². The van der Waals surface area contributed by atoms with Crippen molar-refractivity contribution in [3.63, 3.8) is 0 Å². The molecule has 0 saturated heterocycles. The molecule has 0 bridgehead atoms. The van der Waals surface area contributed by atoms with Crippen molar-refractivity contribution in [2.75, 3.05) is 31.6 Å². The third-order valence-corrected chi connectivity index (χ3v) is 6.26. The highest BCUT2D eigenvalue weighted by Gasteiger charge is 2.28. The summed E-state index contributed by atoms with van der Waals surface area (Å²) in [4.78, 5) is 16.5. The van der Waals surface area contributed by atoms with Crippen LogP contribution in [0.5, 0.6) is 0 Å². The molecule has 1 atom stereocenters. The number of aliphatic hydroxyl groups is 2. The van der Waals surface area contributed by atoms with Crippen LogP contribution in [-0.4, -0.2) is 61.4 Å². The van der Waals surface area contributed by atoms with Crippen LogP contribution in [0.3, 0.4) is 0 Å². The SMILES string of the molecule is O=C1Nc2ccccc2C1C=Nc1cccc(S(=O)(=O)N(CCO)CCO)c1. The molecule has 0 radical (unpaired) electrons. The van der Waals surface area contributed by atoms with Gasteiger partial charge in [-0.2, -0.15) is 4.31 Å². The quantitative estimate of drug-likeness (QED) is 0.570. The van der Waals surface area contributed by atoms with Gasteiger partial charge in [-0.3, -0.25) is 9.79 Å². The second kappa shape index (κ2) is 8.61. The summed E-state index contributed by atoms with van der Waals surface area (Å²) in [7, 11) is -3.88. The molecule has 1 heterocycles. The number of anilines is 1. The lowest BCUT2D eigenvalue weighted by Crippen LogP contribution is -2.35. The Bertz CT molecular complexity index is 985. The van der Waals surface area contributed by atoms with Gasteiger partial charge in [0.1, 0.15) is 5.92 Å². The first-order valence-corrected chi connectivity index (χ1v) is 10.2. The van der Waals surface area contributed by atoms with Crippen LogP contribution in [0.4, 0.5) is 11.4 Å². The normalized spacial score (nSPS) is 16.5. The second-order valence-electron chi connectivity index (χ2n) is 6.18. The van der Waals surface area contributed by atoms with E-state index in [9.17, 15) is 13.2 Å². The highest BCUT2D eigenvalue weighted by Crippen LogP contribution is 2.31. The van der Waals surface area contributed by atoms with Crippen molar-refractivity contribution in [2.24, 2.45) is 4.99 Å². The number of nitrogens with zero attached hydrogens (tertiary/aromatic N) is 2. The average molecular weight is 403 g/mol. The predicted molar refractivity (Wildman–Crippen MR) is 105 cm³/mol. The highest BCUT2D eigenvalue weighted by atomic mass is 32.2. The number of rotatable bonds is 8. The topological polar surface area (TPSA) is 119 Å². The molecule has 8 nitrogen and oxygen atoms in total. The zero-order chi connectivity index (χ0) is 20.1. The maximum atomic E-state index is 12.7. The number of hydrogen-bond acceptors (Lipinski definition) is 6.